The van der Waals surface area contributed by atoms with Crippen molar-refractivity contribution >= 4 is 5.69 Å². The number of piperidine rings is 1. The highest BCUT2D eigenvalue weighted by atomic mass is 15.3. The summed E-state index contributed by atoms with van der Waals surface area (Å²) in [5.74, 6) is 0. The molecule has 2 fully saturated rings. The van der Waals surface area contributed by atoms with Gasteiger partial charge in [-0.25, -0.2) is 0 Å². The monoisotopic (exact) mass is 262 g/mol. The standard InChI is InChI=1S/C15H26N4/c1-4-14-15(10-18(3)17-14)19-12-6-7-13(19)9-11(8-12)16-5-2/h10-13,16H,4-9H2,1-3H3. The van der Waals surface area contributed by atoms with E-state index < -0.39 is 0 Å². The Bertz CT molecular complexity index is 425. The molecular formula is C15H26N4. The van der Waals surface area contributed by atoms with E-state index in [2.05, 4.69) is 35.4 Å². The van der Waals surface area contributed by atoms with Crippen molar-refractivity contribution < 1.29 is 0 Å². The van der Waals surface area contributed by atoms with Crippen LogP contribution in [0, 0.1) is 0 Å². The van der Waals surface area contributed by atoms with Crippen molar-refractivity contribution in [2.24, 2.45) is 7.05 Å². The van der Waals surface area contributed by atoms with E-state index in [9.17, 15) is 0 Å². The summed E-state index contributed by atoms with van der Waals surface area (Å²) in [4.78, 5) is 2.68. The van der Waals surface area contributed by atoms with Crippen molar-refractivity contribution in [1.82, 2.24) is 15.1 Å². The van der Waals surface area contributed by atoms with E-state index in [1.54, 1.807) is 0 Å². The maximum absolute atomic E-state index is 4.62. The fraction of sp³-hybridized carbons (Fsp3) is 0.800. The Morgan fingerprint density at radius 3 is 2.53 bits per heavy atom. The molecule has 0 aliphatic carbocycles. The minimum Gasteiger partial charge on any atom is -0.363 e. The number of anilines is 1. The van der Waals surface area contributed by atoms with Crippen molar-refractivity contribution in [1.29, 1.82) is 0 Å². The summed E-state index contributed by atoms with van der Waals surface area (Å²) < 4.78 is 1.98. The van der Waals surface area contributed by atoms with Crippen LogP contribution in [0.5, 0.6) is 0 Å². The van der Waals surface area contributed by atoms with E-state index >= 15 is 0 Å². The van der Waals surface area contributed by atoms with Gasteiger partial charge in [0, 0.05) is 31.4 Å². The second kappa shape index (κ2) is 5.16. The zero-order chi connectivity index (χ0) is 13.4. The number of nitrogens with zero attached hydrogens (tertiary/aromatic N) is 3. The molecule has 1 aromatic heterocycles. The maximum atomic E-state index is 4.62. The van der Waals surface area contributed by atoms with E-state index in [4.69, 9.17) is 0 Å². The van der Waals surface area contributed by atoms with Crippen molar-refractivity contribution in [2.45, 2.75) is 64.1 Å². The van der Waals surface area contributed by atoms with Crippen molar-refractivity contribution in [3.05, 3.63) is 11.9 Å². The number of nitrogens with one attached hydrogen (secondary N) is 1. The highest BCUT2D eigenvalue weighted by Crippen LogP contribution is 2.40. The molecule has 2 unspecified atom stereocenters. The molecule has 0 saturated carbocycles. The fourth-order valence-electron chi connectivity index (χ4n) is 4.02. The Morgan fingerprint density at radius 1 is 1.26 bits per heavy atom. The first-order valence-corrected chi connectivity index (χ1v) is 7.77. The largest absolute Gasteiger partial charge is 0.363 e. The van der Waals surface area contributed by atoms with Crippen LogP contribution in [0.25, 0.3) is 0 Å². The zero-order valence-corrected chi connectivity index (χ0v) is 12.4. The highest BCUT2D eigenvalue weighted by molar-refractivity contribution is 5.53. The van der Waals surface area contributed by atoms with Gasteiger partial charge in [0.05, 0.1) is 11.4 Å². The Labute approximate surface area is 116 Å². The third-order valence-corrected chi connectivity index (χ3v) is 4.72. The predicted molar refractivity (Wildman–Crippen MR) is 78.6 cm³/mol. The molecule has 2 saturated heterocycles. The lowest BCUT2D eigenvalue weighted by molar-refractivity contribution is 0.361. The third-order valence-electron chi connectivity index (χ3n) is 4.72. The molecule has 0 amide bonds. The van der Waals surface area contributed by atoms with E-state index in [0.29, 0.717) is 0 Å². The van der Waals surface area contributed by atoms with Gasteiger partial charge in [-0.3, -0.25) is 4.68 Å². The number of rotatable bonds is 4. The molecule has 19 heavy (non-hydrogen) atoms. The quantitative estimate of drug-likeness (QED) is 0.902. The van der Waals surface area contributed by atoms with Crippen molar-refractivity contribution in [3.8, 4) is 0 Å². The van der Waals surface area contributed by atoms with Crippen LogP contribution in [0.4, 0.5) is 5.69 Å². The summed E-state index contributed by atoms with van der Waals surface area (Å²) in [6, 6.07) is 2.16. The maximum Gasteiger partial charge on any atom is 0.0855 e. The molecule has 0 radical (unpaired) electrons. The first-order valence-electron chi connectivity index (χ1n) is 7.77. The molecule has 1 N–H and O–H groups in total. The van der Waals surface area contributed by atoms with Gasteiger partial charge in [0.15, 0.2) is 0 Å². The Kier molecular flexibility index (Phi) is 3.52. The van der Waals surface area contributed by atoms with Gasteiger partial charge in [-0.1, -0.05) is 13.8 Å². The van der Waals surface area contributed by atoms with Gasteiger partial charge < -0.3 is 10.2 Å². The molecule has 0 aromatic carbocycles. The lowest BCUT2D eigenvalue weighted by atomic mass is 9.96. The summed E-state index contributed by atoms with van der Waals surface area (Å²) in [7, 11) is 2.04. The summed E-state index contributed by atoms with van der Waals surface area (Å²) in [5.41, 5.74) is 2.66. The van der Waals surface area contributed by atoms with Gasteiger partial charge in [0.1, 0.15) is 0 Å². The third kappa shape index (κ3) is 2.27. The Morgan fingerprint density at radius 2 is 1.95 bits per heavy atom. The molecule has 2 aliphatic rings. The number of hydrogen-bond acceptors (Lipinski definition) is 3. The lowest BCUT2D eigenvalue weighted by Gasteiger charge is -2.40. The number of aryl methyl sites for hydroxylation is 2. The molecule has 4 nitrogen and oxygen atoms in total. The van der Waals surface area contributed by atoms with Crippen LogP contribution in [0.3, 0.4) is 0 Å². The fourth-order valence-corrected chi connectivity index (χ4v) is 4.02. The second-order valence-corrected chi connectivity index (χ2v) is 6.01. The molecule has 4 heteroatoms. The number of aromatic nitrogens is 2. The minimum absolute atomic E-state index is 0.720. The van der Waals surface area contributed by atoms with Crippen LogP contribution in [-0.4, -0.2) is 34.5 Å². The summed E-state index contributed by atoms with van der Waals surface area (Å²) in [5, 5.41) is 8.26. The smallest absolute Gasteiger partial charge is 0.0855 e. The number of hydrogen-bond donors (Lipinski definition) is 1. The highest BCUT2D eigenvalue weighted by Gasteiger charge is 2.41. The Hall–Kier alpha value is -1.03. The molecule has 106 valence electrons. The molecule has 1 aromatic rings. The number of fused-ring (bicyclic) bond motifs is 2. The normalized spacial score (nSPS) is 30.1. The lowest BCUT2D eigenvalue weighted by Crippen LogP contribution is -2.49. The van der Waals surface area contributed by atoms with E-state index in [-0.39, 0.29) is 0 Å². The van der Waals surface area contributed by atoms with Crippen LogP contribution in [-0.2, 0) is 13.5 Å². The van der Waals surface area contributed by atoms with Gasteiger partial charge >= 0.3 is 0 Å². The predicted octanol–water partition coefficient (Wildman–Crippen LogP) is 2.09. The summed E-state index contributed by atoms with van der Waals surface area (Å²) in [6.45, 7) is 5.51. The molecule has 2 bridgehead atoms. The average Bonchev–Trinajstić information content (AvgIpc) is 2.87. The zero-order valence-electron chi connectivity index (χ0n) is 12.4. The molecule has 2 atom stereocenters. The second-order valence-electron chi connectivity index (χ2n) is 6.01. The topological polar surface area (TPSA) is 33.1 Å². The van der Waals surface area contributed by atoms with Crippen LogP contribution >= 0.6 is 0 Å². The molecule has 3 rings (SSSR count). The summed E-state index contributed by atoms with van der Waals surface area (Å²) >= 11 is 0. The van der Waals surface area contributed by atoms with Crippen LogP contribution in [0.15, 0.2) is 6.20 Å². The van der Waals surface area contributed by atoms with Gasteiger partial charge in [-0.05, 0) is 38.6 Å². The molecule has 2 aliphatic heterocycles. The van der Waals surface area contributed by atoms with Gasteiger partial charge in [0.2, 0.25) is 0 Å². The minimum atomic E-state index is 0.720. The molecule has 3 heterocycles. The van der Waals surface area contributed by atoms with Crippen molar-refractivity contribution in [3.63, 3.8) is 0 Å². The molecular weight excluding hydrogens is 236 g/mol. The summed E-state index contributed by atoms with van der Waals surface area (Å²) in [6.07, 6.45) is 8.54. The molecule has 0 spiro atoms. The first kappa shape index (κ1) is 13.0. The van der Waals surface area contributed by atoms with E-state index in [0.717, 1.165) is 31.1 Å². The van der Waals surface area contributed by atoms with E-state index in [1.807, 2.05) is 11.7 Å². The van der Waals surface area contributed by atoms with Crippen molar-refractivity contribution in [2.75, 3.05) is 11.4 Å². The van der Waals surface area contributed by atoms with E-state index in [1.165, 1.54) is 37.1 Å². The van der Waals surface area contributed by atoms with Crippen LogP contribution < -0.4 is 10.2 Å². The average molecular weight is 262 g/mol. The van der Waals surface area contributed by atoms with Crippen LogP contribution in [0.1, 0.15) is 45.2 Å². The van der Waals surface area contributed by atoms with Gasteiger partial charge in [-0.15, -0.1) is 0 Å². The Balaban J connectivity index is 1.83. The van der Waals surface area contributed by atoms with Gasteiger partial charge in [0.25, 0.3) is 0 Å². The SMILES string of the molecule is CCNC1CC2CCC(C1)N2c1cn(C)nc1CC. The first-order chi connectivity index (χ1) is 9.22. The van der Waals surface area contributed by atoms with Crippen LogP contribution in [0.2, 0.25) is 0 Å². The van der Waals surface area contributed by atoms with Gasteiger partial charge in [-0.2, -0.15) is 5.10 Å².